The summed E-state index contributed by atoms with van der Waals surface area (Å²) in [6, 6.07) is 19.9. The predicted octanol–water partition coefficient (Wildman–Crippen LogP) is 2.51. The highest BCUT2D eigenvalue weighted by atomic mass is 32.2. The number of sulfonamides is 1. The Bertz CT molecular complexity index is 1430. The molecule has 0 aromatic heterocycles. The van der Waals surface area contributed by atoms with Crippen LogP contribution in [-0.2, 0) is 26.0 Å². The number of nitrogens with zero attached hydrogens (tertiary/aromatic N) is 3. The van der Waals surface area contributed by atoms with E-state index in [9.17, 15) is 23.3 Å². The third-order valence-corrected chi connectivity index (χ3v) is 7.62. The van der Waals surface area contributed by atoms with Crippen molar-refractivity contribution in [2.24, 2.45) is 0 Å². The number of nitrogens with one attached hydrogen (secondary N) is 1. The van der Waals surface area contributed by atoms with Crippen molar-refractivity contribution in [3.05, 3.63) is 77.9 Å². The highest BCUT2D eigenvalue weighted by molar-refractivity contribution is 7.89. The van der Waals surface area contributed by atoms with Crippen LogP contribution in [0.3, 0.4) is 0 Å². The van der Waals surface area contributed by atoms with Crippen molar-refractivity contribution in [2.75, 3.05) is 33.3 Å². The average Bonchev–Trinajstić information content (AvgIpc) is 2.91. The lowest BCUT2D eigenvalue weighted by molar-refractivity contribution is -0.134. The van der Waals surface area contributed by atoms with Crippen LogP contribution < -0.4 is 4.72 Å². The van der Waals surface area contributed by atoms with E-state index in [2.05, 4.69) is 10.8 Å². The molecule has 1 aliphatic heterocycles. The highest BCUT2D eigenvalue weighted by Gasteiger charge is 2.32. The Hall–Kier alpha value is -3.94. The van der Waals surface area contributed by atoms with Crippen LogP contribution in [-0.4, -0.2) is 69.5 Å². The van der Waals surface area contributed by atoms with E-state index in [1.54, 1.807) is 41.3 Å². The SMILES string of the molecule is COC(=O)N1CCN(C(=O)C(Cc2cccc(C#N)c2)NS(=O)(=O)c2ccc3ccccc3c2)CC1. The first-order valence-electron chi connectivity index (χ1n) is 11.4. The van der Waals surface area contributed by atoms with Crippen LogP contribution in [0, 0.1) is 11.3 Å². The van der Waals surface area contributed by atoms with Crippen molar-refractivity contribution in [3.8, 4) is 6.07 Å². The number of fused-ring (bicyclic) bond motifs is 1. The van der Waals surface area contributed by atoms with Gasteiger partial charge in [-0.05, 0) is 47.0 Å². The van der Waals surface area contributed by atoms with Crippen LogP contribution in [0.25, 0.3) is 10.8 Å². The van der Waals surface area contributed by atoms with E-state index in [1.165, 1.54) is 18.1 Å². The van der Waals surface area contributed by atoms with E-state index >= 15 is 0 Å². The van der Waals surface area contributed by atoms with Gasteiger partial charge >= 0.3 is 6.09 Å². The molecule has 3 aromatic rings. The zero-order chi connectivity index (χ0) is 25.7. The summed E-state index contributed by atoms with van der Waals surface area (Å²) in [5, 5.41) is 10.9. The summed E-state index contributed by atoms with van der Waals surface area (Å²) >= 11 is 0. The van der Waals surface area contributed by atoms with Crippen LogP contribution in [0.2, 0.25) is 0 Å². The van der Waals surface area contributed by atoms with Gasteiger partial charge in [-0.3, -0.25) is 4.79 Å². The van der Waals surface area contributed by atoms with Crippen molar-refractivity contribution in [2.45, 2.75) is 17.4 Å². The van der Waals surface area contributed by atoms with Crippen molar-refractivity contribution >= 4 is 32.8 Å². The summed E-state index contributed by atoms with van der Waals surface area (Å²) in [5.41, 5.74) is 1.07. The lowest BCUT2D eigenvalue weighted by Crippen LogP contribution is -2.56. The Morgan fingerprint density at radius 3 is 2.36 bits per heavy atom. The van der Waals surface area contributed by atoms with Crippen molar-refractivity contribution in [1.82, 2.24) is 14.5 Å². The Morgan fingerprint density at radius 2 is 1.67 bits per heavy atom. The third kappa shape index (κ3) is 5.64. The molecule has 3 aromatic carbocycles. The molecule has 1 aliphatic rings. The number of carbonyl (C=O) groups is 2. The third-order valence-electron chi connectivity index (χ3n) is 6.15. The van der Waals surface area contributed by atoms with E-state index in [1.807, 2.05) is 24.3 Å². The van der Waals surface area contributed by atoms with Gasteiger partial charge in [0.05, 0.1) is 23.6 Å². The largest absolute Gasteiger partial charge is 0.453 e. The van der Waals surface area contributed by atoms with Crippen LogP contribution in [0.4, 0.5) is 4.79 Å². The zero-order valence-electron chi connectivity index (χ0n) is 19.8. The first-order chi connectivity index (χ1) is 17.3. The van der Waals surface area contributed by atoms with E-state index in [0.29, 0.717) is 11.1 Å². The van der Waals surface area contributed by atoms with E-state index in [0.717, 1.165) is 10.8 Å². The minimum Gasteiger partial charge on any atom is -0.453 e. The van der Waals surface area contributed by atoms with Crippen LogP contribution >= 0.6 is 0 Å². The van der Waals surface area contributed by atoms with Crippen molar-refractivity contribution in [1.29, 1.82) is 5.26 Å². The summed E-state index contributed by atoms with van der Waals surface area (Å²) in [6.45, 7) is 1.07. The molecule has 36 heavy (non-hydrogen) atoms. The topological polar surface area (TPSA) is 120 Å². The molecule has 0 spiro atoms. The fourth-order valence-electron chi connectivity index (χ4n) is 4.23. The van der Waals surface area contributed by atoms with Gasteiger partial charge in [-0.25, -0.2) is 13.2 Å². The number of rotatable bonds is 6. The van der Waals surface area contributed by atoms with Crippen LogP contribution in [0.15, 0.2) is 71.6 Å². The van der Waals surface area contributed by atoms with Crippen LogP contribution in [0.5, 0.6) is 0 Å². The van der Waals surface area contributed by atoms with Gasteiger partial charge in [0.2, 0.25) is 15.9 Å². The molecule has 1 saturated heterocycles. The number of nitriles is 1. The lowest BCUT2D eigenvalue weighted by atomic mass is 10.0. The smallest absolute Gasteiger partial charge is 0.409 e. The van der Waals surface area contributed by atoms with Crippen molar-refractivity contribution in [3.63, 3.8) is 0 Å². The second-order valence-electron chi connectivity index (χ2n) is 8.48. The highest BCUT2D eigenvalue weighted by Crippen LogP contribution is 2.20. The zero-order valence-corrected chi connectivity index (χ0v) is 20.6. The van der Waals surface area contributed by atoms with Gasteiger partial charge in [-0.1, -0.05) is 42.5 Å². The molecule has 1 unspecified atom stereocenters. The fraction of sp³-hybridized carbons (Fsp3) is 0.269. The molecule has 0 aliphatic carbocycles. The first-order valence-corrected chi connectivity index (χ1v) is 12.9. The Labute approximate surface area is 209 Å². The number of hydrogen-bond acceptors (Lipinski definition) is 6. The van der Waals surface area contributed by atoms with Gasteiger partial charge < -0.3 is 14.5 Å². The van der Waals surface area contributed by atoms with Crippen LogP contribution in [0.1, 0.15) is 11.1 Å². The number of amides is 2. The molecule has 1 fully saturated rings. The number of ether oxygens (including phenoxy) is 1. The second kappa shape index (κ2) is 10.8. The maximum Gasteiger partial charge on any atom is 0.409 e. The second-order valence-corrected chi connectivity index (χ2v) is 10.2. The molecule has 1 heterocycles. The van der Waals surface area contributed by atoms with E-state index < -0.39 is 28.1 Å². The maximum absolute atomic E-state index is 13.5. The summed E-state index contributed by atoms with van der Waals surface area (Å²) < 4.78 is 34.1. The number of carbonyl (C=O) groups excluding carboxylic acids is 2. The predicted molar refractivity (Wildman–Crippen MR) is 133 cm³/mol. The fourth-order valence-corrected chi connectivity index (χ4v) is 5.46. The molecular weight excluding hydrogens is 480 g/mol. The Kier molecular flexibility index (Phi) is 7.52. The molecule has 2 amide bonds. The Morgan fingerprint density at radius 1 is 0.972 bits per heavy atom. The van der Waals surface area contributed by atoms with Gasteiger partial charge in [0.15, 0.2) is 0 Å². The normalized spacial score (nSPS) is 14.8. The average molecular weight is 507 g/mol. The maximum atomic E-state index is 13.5. The monoisotopic (exact) mass is 506 g/mol. The molecule has 1 atom stereocenters. The molecular formula is C26H26N4O5S. The van der Waals surface area contributed by atoms with E-state index in [4.69, 9.17) is 4.74 Å². The summed E-state index contributed by atoms with van der Waals surface area (Å²) in [6.07, 6.45) is -0.401. The molecule has 0 saturated carbocycles. The number of piperazine rings is 1. The minimum absolute atomic E-state index is 0.0558. The Balaban J connectivity index is 1.60. The quantitative estimate of drug-likeness (QED) is 0.549. The number of methoxy groups -OCH3 is 1. The molecule has 1 N–H and O–H groups in total. The summed E-state index contributed by atoms with van der Waals surface area (Å²) in [4.78, 5) is 28.4. The molecule has 0 bridgehead atoms. The van der Waals surface area contributed by atoms with E-state index in [-0.39, 0.29) is 37.5 Å². The standard InChI is InChI=1S/C26H26N4O5S/c1-35-26(32)30-13-11-29(12-14-30)25(31)24(16-19-5-4-6-20(15-19)18-27)28-36(33,34)23-10-9-21-7-2-3-8-22(21)17-23/h2-10,15,17,24,28H,11-14,16H2,1H3. The van der Waals surface area contributed by atoms with Gasteiger partial charge in [-0.2, -0.15) is 9.98 Å². The number of hydrogen-bond donors (Lipinski definition) is 1. The summed E-state index contributed by atoms with van der Waals surface area (Å²) in [7, 11) is -2.75. The molecule has 4 rings (SSSR count). The summed E-state index contributed by atoms with van der Waals surface area (Å²) in [5.74, 6) is -0.397. The van der Waals surface area contributed by atoms with Gasteiger partial charge in [-0.15, -0.1) is 0 Å². The van der Waals surface area contributed by atoms with Crippen molar-refractivity contribution < 1.29 is 22.7 Å². The van der Waals surface area contributed by atoms with Gasteiger partial charge in [0, 0.05) is 26.2 Å². The van der Waals surface area contributed by atoms with Gasteiger partial charge in [0.1, 0.15) is 6.04 Å². The molecule has 10 heteroatoms. The van der Waals surface area contributed by atoms with Gasteiger partial charge in [0.25, 0.3) is 0 Å². The first kappa shape index (κ1) is 25.2. The molecule has 186 valence electrons. The molecule has 9 nitrogen and oxygen atoms in total. The lowest BCUT2D eigenvalue weighted by Gasteiger charge is -2.35. The molecule has 0 radical (unpaired) electrons. The minimum atomic E-state index is -4.05. The number of benzene rings is 3.